The zero-order valence-corrected chi connectivity index (χ0v) is 13.9. The third-order valence-corrected chi connectivity index (χ3v) is 4.19. The van der Waals surface area contributed by atoms with Crippen molar-refractivity contribution < 1.29 is 9.18 Å². The minimum atomic E-state index is -0.447. The number of nitrogens with zero attached hydrogens (tertiary/aromatic N) is 1. The summed E-state index contributed by atoms with van der Waals surface area (Å²) in [6, 6.07) is 6.39. The van der Waals surface area contributed by atoms with E-state index in [1.165, 1.54) is 12.1 Å². The lowest BCUT2D eigenvalue weighted by molar-refractivity contribution is -0.140. The van der Waals surface area contributed by atoms with E-state index in [-0.39, 0.29) is 24.1 Å². The standard InChI is InChI=1S/C16H25FN2O.ClH/c1-4-16(5-2,12-18)15(20)19(3)11-10-13-6-8-14(17)9-7-13;/h6-9H,4-5,10-12,18H2,1-3H3;1H. The first-order valence-corrected chi connectivity index (χ1v) is 7.19. The van der Waals surface area contributed by atoms with Gasteiger partial charge in [0.25, 0.3) is 0 Å². The first-order valence-electron chi connectivity index (χ1n) is 7.19. The molecule has 1 amide bonds. The van der Waals surface area contributed by atoms with Crippen LogP contribution in [0.15, 0.2) is 24.3 Å². The van der Waals surface area contributed by atoms with Crippen molar-refractivity contribution >= 4 is 18.3 Å². The van der Waals surface area contributed by atoms with Gasteiger partial charge in [-0.05, 0) is 37.0 Å². The number of likely N-dealkylation sites (N-methyl/N-ethyl adjacent to an activating group) is 1. The Morgan fingerprint density at radius 1 is 1.24 bits per heavy atom. The smallest absolute Gasteiger partial charge is 0.229 e. The van der Waals surface area contributed by atoms with Crippen LogP contribution in [0.4, 0.5) is 4.39 Å². The summed E-state index contributed by atoms with van der Waals surface area (Å²) >= 11 is 0. The predicted molar refractivity (Wildman–Crippen MR) is 87.1 cm³/mol. The van der Waals surface area contributed by atoms with Crippen molar-refractivity contribution in [1.82, 2.24) is 4.90 Å². The third-order valence-electron chi connectivity index (χ3n) is 4.19. The largest absolute Gasteiger partial charge is 0.345 e. The van der Waals surface area contributed by atoms with E-state index in [1.54, 1.807) is 17.0 Å². The summed E-state index contributed by atoms with van der Waals surface area (Å²) in [7, 11) is 1.81. The maximum Gasteiger partial charge on any atom is 0.229 e. The molecule has 0 aliphatic carbocycles. The van der Waals surface area contributed by atoms with E-state index in [2.05, 4.69) is 0 Å². The number of hydrogen-bond donors (Lipinski definition) is 1. The molecule has 1 aromatic rings. The highest BCUT2D eigenvalue weighted by Gasteiger charge is 2.35. The van der Waals surface area contributed by atoms with Gasteiger partial charge in [-0.3, -0.25) is 4.79 Å². The number of nitrogens with two attached hydrogens (primary N) is 1. The summed E-state index contributed by atoms with van der Waals surface area (Å²) in [5.41, 5.74) is 6.38. The third kappa shape index (κ3) is 4.97. The average Bonchev–Trinajstić information content (AvgIpc) is 2.48. The van der Waals surface area contributed by atoms with Crippen molar-refractivity contribution in [3.8, 4) is 0 Å². The van der Waals surface area contributed by atoms with Crippen LogP contribution in [0.3, 0.4) is 0 Å². The monoisotopic (exact) mass is 316 g/mol. The number of carbonyl (C=O) groups is 1. The molecule has 0 saturated carbocycles. The first-order chi connectivity index (χ1) is 9.49. The molecule has 21 heavy (non-hydrogen) atoms. The zero-order valence-electron chi connectivity index (χ0n) is 13.1. The van der Waals surface area contributed by atoms with Gasteiger partial charge < -0.3 is 10.6 Å². The Morgan fingerprint density at radius 3 is 2.19 bits per heavy atom. The number of carbonyl (C=O) groups excluding carboxylic acids is 1. The zero-order chi connectivity index (χ0) is 15.2. The fourth-order valence-electron chi connectivity index (χ4n) is 2.38. The molecular weight excluding hydrogens is 291 g/mol. The van der Waals surface area contributed by atoms with Crippen molar-refractivity contribution in [1.29, 1.82) is 0 Å². The summed E-state index contributed by atoms with van der Waals surface area (Å²) in [6.07, 6.45) is 2.22. The highest BCUT2D eigenvalue weighted by atomic mass is 35.5. The number of halogens is 2. The van der Waals surface area contributed by atoms with E-state index in [0.29, 0.717) is 13.1 Å². The molecule has 0 heterocycles. The molecular formula is C16H26ClFN2O. The molecule has 0 spiro atoms. The molecule has 0 bridgehead atoms. The van der Waals surface area contributed by atoms with Crippen LogP contribution >= 0.6 is 12.4 Å². The Kier molecular flexibility index (Phi) is 8.52. The molecule has 2 N–H and O–H groups in total. The van der Waals surface area contributed by atoms with Gasteiger partial charge in [0.2, 0.25) is 5.91 Å². The van der Waals surface area contributed by atoms with E-state index in [9.17, 15) is 9.18 Å². The predicted octanol–water partition coefficient (Wildman–Crippen LogP) is 3.01. The second kappa shape index (κ2) is 9.00. The Hall–Kier alpha value is -1.13. The van der Waals surface area contributed by atoms with E-state index in [4.69, 9.17) is 5.73 Å². The van der Waals surface area contributed by atoms with Crippen LogP contribution < -0.4 is 5.73 Å². The minimum Gasteiger partial charge on any atom is -0.345 e. The fourth-order valence-corrected chi connectivity index (χ4v) is 2.38. The van der Waals surface area contributed by atoms with Crippen LogP contribution in [0.2, 0.25) is 0 Å². The molecule has 0 saturated heterocycles. The first kappa shape index (κ1) is 19.9. The van der Waals surface area contributed by atoms with Gasteiger partial charge in [0.1, 0.15) is 5.82 Å². The summed E-state index contributed by atoms with van der Waals surface area (Å²) in [5, 5.41) is 0. The van der Waals surface area contributed by atoms with E-state index in [1.807, 2.05) is 20.9 Å². The number of rotatable bonds is 7. The van der Waals surface area contributed by atoms with Crippen LogP contribution in [-0.2, 0) is 11.2 Å². The van der Waals surface area contributed by atoms with Crippen molar-refractivity contribution in [2.75, 3.05) is 20.1 Å². The Bertz CT molecular complexity index is 424. The van der Waals surface area contributed by atoms with Crippen molar-refractivity contribution in [2.45, 2.75) is 33.1 Å². The second-order valence-corrected chi connectivity index (χ2v) is 5.29. The van der Waals surface area contributed by atoms with Crippen molar-refractivity contribution in [2.24, 2.45) is 11.1 Å². The summed E-state index contributed by atoms with van der Waals surface area (Å²) in [4.78, 5) is 14.3. The lowest BCUT2D eigenvalue weighted by Gasteiger charge is -2.33. The van der Waals surface area contributed by atoms with E-state index < -0.39 is 5.41 Å². The Labute approximate surface area is 133 Å². The molecule has 0 fully saturated rings. The maximum absolute atomic E-state index is 12.8. The van der Waals surface area contributed by atoms with Gasteiger partial charge in [-0.2, -0.15) is 0 Å². The van der Waals surface area contributed by atoms with Crippen LogP contribution in [0, 0.1) is 11.2 Å². The molecule has 3 nitrogen and oxygen atoms in total. The summed E-state index contributed by atoms with van der Waals surface area (Å²) in [6.45, 7) is 5.00. The lowest BCUT2D eigenvalue weighted by Crippen LogP contribution is -2.46. The van der Waals surface area contributed by atoms with Crippen LogP contribution in [-0.4, -0.2) is 30.9 Å². The summed E-state index contributed by atoms with van der Waals surface area (Å²) < 4.78 is 12.8. The highest BCUT2D eigenvalue weighted by Crippen LogP contribution is 2.27. The quantitative estimate of drug-likeness (QED) is 0.840. The second-order valence-electron chi connectivity index (χ2n) is 5.29. The van der Waals surface area contributed by atoms with E-state index in [0.717, 1.165) is 24.8 Å². The molecule has 0 radical (unpaired) electrons. The molecule has 0 aliphatic heterocycles. The molecule has 1 rings (SSSR count). The average molecular weight is 317 g/mol. The topological polar surface area (TPSA) is 46.3 Å². The van der Waals surface area contributed by atoms with E-state index >= 15 is 0 Å². The Balaban J connectivity index is 0.00000400. The van der Waals surface area contributed by atoms with Gasteiger partial charge in [0.15, 0.2) is 0 Å². The molecule has 0 atom stereocenters. The van der Waals surface area contributed by atoms with Gasteiger partial charge in [-0.1, -0.05) is 26.0 Å². The van der Waals surface area contributed by atoms with Crippen LogP contribution in [0.25, 0.3) is 0 Å². The lowest BCUT2D eigenvalue weighted by atomic mass is 9.81. The molecule has 0 unspecified atom stereocenters. The summed E-state index contributed by atoms with van der Waals surface area (Å²) in [5.74, 6) is -0.135. The molecule has 0 aliphatic rings. The maximum atomic E-state index is 12.8. The van der Waals surface area contributed by atoms with Crippen molar-refractivity contribution in [3.63, 3.8) is 0 Å². The molecule has 0 aromatic heterocycles. The fraction of sp³-hybridized carbons (Fsp3) is 0.562. The number of benzene rings is 1. The van der Waals surface area contributed by atoms with Gasteiger partial charge >= 0.3 is 0 Å². The minimum absolute atomic E-state index is 0. The van der Waals surface area contributed by atoms with Crippen molar-refractivity contribution in [3.05, 3.63) is 35.6 Å². The van der Waals surface area contributed by atoms with Gasteiger partial charge in [0, 0.05) is 20.1 Å². The molecule has 1 aromatic carbocycles. The number of hydrogen-bond acceptors (Lipinski definition) is 2. The van der Waals surface area contributed by atoms with Crippen LogP contribution in [0.5, 0.6) is 0 Å². The van der Waals surface area contributed by atoms with Gasteiger partial charge in [-0.25, -0.2) is 4.39 Å². The SMILES string of the molecule is CCC(CC)(CN)C(=O)N(C)CCc1ccc(F)cc1.Cl. The molecule has 5 heteroatoms. The van der Waals surface area contributed by atoms with Gasteiger partial charge in [0.05, 0.1) is 5.41 Å². The highest BCUT2D eigenvalue weighted by molar-refractivity contribution is 5.85. The number of amides is 1. The normalized spacial score (nSPS) is 10.9. The molecule has 120 valence electrons. The van der Waals surface area contributed by atoms with Gasteiger partial charge in [-0.15, -0.1) is 12.4 Å². The van der Waals surface area contributed by atoms with Crippen LogP contribution in [0.1, 0.15) is 32.3 Å². The Morgan fingerprint density at radius 2 is 1.76 bits per heavy atom.